The van der Waals surface area contributed by atoms with Crippen LogP contribution in [0.2, 0.25) is 0 Å². The molecule has 14 heavy (non-hydrogen) atoms. The van der Waals surface area contributed by atoms with Crippen molar-refractivity contribution in [3.8, 4) is 5.75 Å². The Morgan fingerprint density at radius 2 is 2.00 bits per heavy atom. The zero-order valence-corrected chi connectivity index (χ0v) is 9.05. The lowest BCUT2D eigenvalue weighted by Crippen LogP contribution is -1.95. The summed E-state index contributed by atoms with van der Waals surface area (Å²) in [5.74, 6) is 1.93. The van der Waals surface area contributed by atoms with Crippen molar-refractivity contribution >= 4 is 0 Å². The highest BCUT2D eigenvalue weighted by atomic mass is 16.5. The number of benzene rings is 1. The quantitative estimate of drug-likeness (QED) is 0.618. The van der Waals surface area contributed by atoms with Crippen LogP contribution in [0.25, 0.3) is 0 Å². The molecule has 1 aromatic carbocycles. The molecule has 0 amide bonds. The molecule has 1 heteroatoms. The number of methoxy groups -OCH3 is 1. The molecule has 1 unspecified atom stereocenters. The first-order chi connectivity index (χ1) is 6.81. The lowest BCUT2D eigenvalue weighted by Gasteiger charge is -2.10. The van der Waals surface area contributed by atoms with E-state index < -0.39 is 0 Å². The Morgan fingerprint density at radius 3 is 2.79 bits per heavy atom. The van der Waals surface area contributed by atoms with Gasteiger partial charge in [0.1, 0.15) is 5.75 Å². The Labute approximate surface area is 86.1 Å². The Morgan fingerprint density at radius 1 is 1.21 bits per heavy atom. The van der Waals surface area contributed by atoms with Gasteiger partial charge in [0, 0.05) is 0 Å². The van der Waals surface area contributed by atoms with E-state index in [1.54, 1.807) is 7.11 Å². The lowest BCUT2D eigenvalue weighted by molar-refractivity contribution is 0.408. The van der Waals surface area contributed by atoms with Crippen LogP contribution in [0.3, 0.4) is 0 Å². The third-order valence-corrected chi connectivity index (χ3v) is 3.24. The maximum Gasteiger partial charge on any atom is 0.122 e. The van der Waals surface area contributed by atoms with Gasteiger partial charge >= 0.3 is 0 Å². The van der Waals surface area contributed by atoms with E-state index in [2.05, 4.69) is 25.1 Å². The van der Waals surface area contributed by atoms with Crippen LogP contribution >= 0.6 is 0 Å². The van der Waals surface area contributed by atoms with Crippen molar-refractivity contribution in [3.63, 3.8) is 0 Å². The molecule has 1 aromatic rings. The zero-order valence-electron chi connectivity index (χ0n) is 9.05. The standard InChI is InChI=1S/C13H18O/c1-10-6-8-11-4-3-5-13(14-2)12(11)9-7-10/h3-5,10H,6-9H2,1-2H3. The number of ether oxygens (including phenoxy) is 1. The van der Waals surface area contributed by atoms with Gasteiger partial charge in [-0.3, -0.25) is 0 Å². The molecule has 1 aliphatic rings. The largest absolute Gasteiger partial charge is 0.496 e. The molecule has 0 heterocycles. The second-order valence-corrected chi connectivity index (χ2v) is 4.28. The maximum atomic E-state index is 5.40. The van der Waals surface area contributed by atoms with Crippen LogP contribution in [0.15, 0.2) is 18.2 Å². The van der Waals surface area contributed by atoms with E-state index in [0.717, 1.165) is 11.7 Å². The summed E-state index contributed by atoms with van der Waals surface area (Å²) in [4.78, 5) is 0. The van der Waals surface area contributed by atoms with Crippen molar-refractivity contribution in [1.82, 2.24) is 0 Å². The molecule has 0 aliphatic heterocycles. The van der Waals surface area contributed by atoms with Crippen molar-refractivity contribution in [2.75, 3.05) is 7.11 Å². The summed E-state index contributed by atoms with van der Waals surface area (Å²) in [6, 6.07) is 6.43. The molecular formula is C13H18O. The third kappa shape index (κ3) is 1.77. The Hall–Kier alpha value is -0.980. The first-order valence-electron chi connectivity index (χ1n) is 5.46. The second-order valence-electron chi connectivity index (χ2n) is 4.28. The highest BCUT2D eigenvalue weighted by molar-refractivity contribution is 5.41. The molecule has 0 spiro atoms. The molecule has 0 aromatic heterocycles. The van der Waals surface area contributed by atoms with Gasteiger partial charge in [-0.1, -0.05) is 19.1 Å². The lowest BCUT2D eigenvalue weighted by atomic mass is 10.0. The van der Waals surface area contributed by atoms with Gasteiger partial charge in [0.05, 0.1) is 7.11 Å². The summed E-state index contributed by atoms with van der Waals surface area (Å²) in [7, 11) is 1.77. The van der Waals surface area contributed by atoms with Crippen LogP contribution < -0.4 is 4.74 Å². The zero-order chi connectivity index (χ0) is 9.97. The van der Waals surface area contributed by atoms with Gasteiger partial charge in [0.25, 0.3) is 0 Å². The van der Waals surface area contributed by atoms with Crippen molar-refractivity contribution in [1.29, 1.82) is 0 Å². The molecule has 0 N–H and O–H groups in total. The molecule has 1 atom stereocenters. The van der Waals surface area contributed by atoms with Gasteiger partial charge in [-0.05, 0) is 48.8 Å². The Balaban J connectivity index is 2.35. The van der Waals surface area contributed by atoms with Gasteiger partial charge in [0.2, 0.25) is 0 Å². The molecule has 0 radical (unpaired) electrons. The number of rotatable bonds is 1. The molecule has 2 rings (SSSR count). The van der Waals surface area contributed by atoms with Crippen LogP contribution in [0.1, 0.15) is 30.9 Å². The number of fused-ring (bicyclic) bond motifs is 1. The smallest absolute Gasteiger partial charge is 0.122 e. The fourth-order valence-electron chi connectivity index (χ4n) is 2.26. The predicted octanol–water partition coefficient (Wildman–Crippen LogP) is 3.21. The summed E-state index contributed by atoms with van der Waals surface area (Å²) < 4.78 is 5.40. The van der Waals surface area contributed by atoms with E-state index in [4.69, 9.17) is 4.74 Å². The van der Waals surface area contributed by atoms with E-state index in [1.807, 2.05) is 0 Å². The first kappa shape index (κ1) is 9.57. The average Bonchev–Trinajstić information content (AvgIpc) is 2.41. The Kier molecular flexibility index (Phi) is 2.76. The first-order valence-corrected chi connectivity index (χ1v) is 5.46. The van der Waals surface area contributed by atoms with Crippen molar-refractivity contribution in [3.05, 3.63) is 29.3 Å². The van der Waals surface area contributed by atoms with Crippen molar-refractivity contribution in [2.45, 2.75) is 32.6 Å². The highest BCUT2D eigenvalue weighted by Gasteiger charge is 2.15. The van der Waals surface area contributed by atoms with Crippen LogP contribution in [0.5, 0.6) is 5.75 Å². The molecule has 0 saturated carbocycles. The summed E-state index contributed by atoms with van der Waals surface area (Å²) in [5, 5.41) is 0. The van der Waals surface area contributed by atoms with Gasteiger partial charge < -0.3 is 4.74 Å². The minimum absolute atomic E-state index is 0.854. The summed E-state index contributed by atoms with van der Waals surface area (Å²) in [6.07, 6.45) is 5.02. The Bertz CT molecular complexity index is 317. The van der Waals surface area contributed by atoms with E-state index in [0.29, 0.717) is 0 Å². The SMILES string of the molecule is COc1cccc2c1CCC(C)CC2. The monoisotopic (exact) mass is 190 g/mol. The second kappa shape index (κ2) is 4.04. The van der Waals surface area contributed by atoms with E-state index >= 15 is 0 Å². The fraction of sp³-hybridized carbons (Fsp3) is 0.538. The third-order valence-electron chi connectivity index (χ3n) is 3.24. The van der Waals surface area contributed by atoms with Crippen molar-refractivity contribution < 1.29 is 4.74 Å². The van der Waals surface area contributed by atoms with Gasteiger partial charge in [0.15, 0.2) is 0 Å². The topological polar surface area (TPSA) is 9.23 Å². The summed E-state index contributed by atoms with van der Waals surface area (Å²) >= 11 is 0. The maximum absolute atomic E-state index is 5.40. The van der Waals surface area contributed by atoms with Gasteiger partial charge in [-0.15, -0.1) is 0 Å². The molecule has 1 nitrogen and oxygen atoms in total. The minimum atomic E-state index is 0.854. The summed E-state index contributed by atoms with van der Waals surface area (Å²) in [6.45, 7) is 2.35. The van der Waals surface area contributed by atoms with Gasteiger partial charge in [-0.2, -0.15) is 0 Å². The molecule has 0 fully saturated rings. The summed E-state index contributed by atoms with van der Waals surface area (Å²) in [5.41, 5.74) is 2.94. The van der Waals surface area contributed by atoms with E-state index in [-0.39, 0.29) is 0 Å². The minimum Gasteiger partial charge on any atom is -0.496 e. The highest BCUT2D eigenvalue weighted by Crippen LogP contribution is 2.30. The van der Waals surface area contributed by atoms with E-state index in [1.165, 1.54) is 36.8 Å². The van der Waals surface area contributed by atoms with Crippen molar-refractivity contribution in [2.24, 2.45) is 5.92 Å². The number of hydrogen-bond donors (Lipinski definition) is 0. The van der Waals surface area contributed by atoms with Crippen LogP contribution in [-0.2, 0) is 12.8 Å². The fourth-order valence-corrected chi connectivity index (χ4v) is 2.26. The number of aryl methyl sites for hydroxylation is 1. The molecule has 76 valence electrons. The van der Waals surface area contributed by atoms with E-state index in [9.17, 15) is 0 Å². The average molecular weight is 190 g/mol. The predicted molar refractivity (Wildman–Crippen MR) is 58.8 cm³/mol. The normalized spacial score (nSPS) is 21.1. The molecule has 0 bridgehead atoms. The van der Waals surface area contributed by atoms with Crippen LogP contribution in [0, 0.1) is 5.92 Å². The molecule has 1 aliphatic carbocycles. The van der Waals surface area contributed by atoms with Crippen LogP contribution in [-0.4, -0.2) is 7.11 Å². The van der Waals surface area contributed by atoms with Gasteiger partial charge in [-0.25, -0.2) is 0 Å². The number of hydrogen-bond acceptors (Lipinski definition) is 1. The molecule has 0 saturated heterocycles. The van der Waals surface area contributed by atoms with Crippen LogP contribution in [0.4, 0.5) is 0 Å². The molecular weight excluding hydrogens is 172 g/mol.